The van der Waals surface area contributed by atoms with Crippen molar-refractivity contribution >= 4 is 57.7 Å². The lowest BCUT2D eigenvalue weighted by atomic mass is 10.0. The standard InChI is InChI=1S/C30H38ClN9O4/c1-19-23-17-35-30(37-28(23)40(21-5-3-4-6-21)29(44)27(19)20(2)41)36-24-8-7-22(16-34-24)39-13-11-38(12-14-39)18-26(43)33-10-9-32-25(42)15-31/h7-8,16-17,21H,3-6,9-15,18H2,1-2H3,(H,32,42)(H,33,43)(H,34,35,36,37). The normalized spacial score (nSPS) is 15.8. The van der Waals surface area contributed by atoms with Gasteiger partial charge in [0.25, 0.3) is 5.56 Å². The summed E-state index contributed by atoms with van der Waals surface area (Å²) in [5, 5.41) is 9.28. The van der Waals surface area contributed by atoms with E-state index in [1.807, 2.05) is 12.1 Å². The fourth-order valence-corrected chi connectivity index (χ4v) is 6.04. The highest BCUT2D eigenvalue weighted by Gasteiger charge is 2.26. The minimum absolute atomic E-state index is 0.00851. The summed E-state index contributed by atoms with van der Waals surface area (Å²) in [4.78, 5) is 67.3. The number of nitrogens with zero attached hydrogens (tertiary/aromatic N) is 6. The summed E-state index contributed by atoms with van der Waals surface area (Å²) in [5.74, 6) is 0.206. The molecule has 2 fully saturated rings. The molecule has 13 nitrogen and oxygen atoms in total. The minimum Gasteiger partial charge on any atom is -0.368 e. The summed E-state index contributed by atoms with van der Waals surface area (Å²) in [6.07, 6.45) is 7.29. The van der Waals surface area contributed by atoms with Gasteiger partial charge in [-0.15, -0.1) is 11.6 Å². The van der Waals surface area contributed by atoms with Crippen molar-refractivity contribution in [2.45, 2.75) is 45.6 Å². The van der Waals surface area contributed by atoms with Gasteiger partial charge in [0.1, 0.15) is 17.3 Å². The molecule has 0 bridgehead atoms. The maximum Gasteiger partial charge on any atom is 0.263 e. The SMILES string of the molecule is CC(=O)c1c(C)c2cnc(Nc3ccc(N4CCN(CC(=O)NCCNC(=O)CCl)CC4)cn3)nc2n(C2CCCC2)c1=O. The van der Waals surface area contributed by atoms with E-state index in [0.29, 0.717) is 48.0 Å². The largest absolute Gasteiger partial charge is 0.368 e. The van der Waals surface area contributed by atoms with Gasteiger partial charge < -0.3 is 20.9 Å². The molecule has 3 aromatic heterocycles. The summed E-state index contributed by atoms with van der Waals surface area (Å²) in [6, 6.07) is 3.85. The highest BCUT2D eigenvalue weighted by molar-refractivity contribution is 6.27. The van der Waals surface area contributed by atoms with Gasteiger partial charge in [-0.25, -0.2) is 9.97 Å². The van der Waals surface area contributed by atoms with E-state index in [1.54, 1.807) is 23.9 Å². The predicted molar refractivity (Wildman–Crippen MR) is 169 cm³/mol. The molecule has 0 atom stereocenters. The molecule has 2 aliphatic rings. The monoisotopic (exact) mass is 623 g/mol. The molecule has 3 N–H and O–H groups in total. The number of pyridine rings is 2. The van der Waals surface area contributed by atoms with Crippen molar-refractivity contribution in [2.75, 3.05) is 61.9 Å². The summed E-state index contributed by atoms with van der Waals surface area (Å²) >= 11 is 5.44. The number of amides is 2. The molecule has 3 aromatic rings. The van der Waals surface area contributed by atoms with Gasteiger partial charge in [-0.3, -0.25) is 28.6 Å². The van der Waals surface area contributed by atoms with Crippen molar-refractivity contribution in [3.05, 3.63) is 46.0 Å². The van der Waals surface area contributed by atoms with Gasteiger partial charge in [-0.1, -0.05) is 12.8 Å². The number of ketones is 1. The number of fused-ring (bicyclic) bond motifs is 1. The number of alkyl halides is 1. The van der Waals surface area contributed by atoms with Crippen LogP contribution < -0.4 is 26.4 Å². The van der Waals surface area contributed by atoms with Crippen molar-refractivity contribution in [2.24, 2.45) is 0 Å². The number of carbonyl (C=O) groups excluding carboxylic acids is 3. The fraction of sp³-hybridized carbons (Fsp3) is 0.500. The van der Waals surface area contributed by atoms with Gasteiger partial charge in [-0.2, -0.15) is 4.98 Å². The number of piperazine rings is 1. The topological polar surface area (TPSA) is 154 Å². The predicted octanol–water partition coefficient (Wildman–Crippen LogP) is 2.15. The third-order valence-corrected chi connectivity index (χ3v) is 8.48. The number of nitrogens with one attached hydrogen (secondary N) is 3. The first-order valence-electron chi connectivity index (χ1n) is 15.0. The van der Waals surface area contributed by atoms with E-state index in [1.165, 1.54) is 6.92 Å². The number of aryl methyl sites for hydroxylation is 1. The van der Waals surface area contributed by atoms with Crippen LogP contribution in [0, 0.1) is 6.92 Å². The van der Waals surface area contributed by atoms with E-state index in [-0.39, 0.29) is 40.6 Å². The van der Waals surface area contributed by atoms with Crippen LogP contribution in [0.15, 0.2) is 29.3 Å². The van der Waals surface area contributed by atoms with Gasteiger partial charge in [0.15, 0.2) is 5.78 Å². The van der Waals surface area contributed by atoms with Crippen LogP contribution in [0.1, 0.15) is 54.6 Å². The third-order valence-electron chi connectivity index (χ3n) is 8.23. The summed E-state index contributed by atoms with van der Waals surface area (Å²) < 4.78 is 1.70. The Hall–Kier alpha value is -4.10. The van der Waals surface area contributed by atoms with Gasteiger partial charge in [0.05, 0.1) is 24.0 Å². The number of hydrogen-bond donors (Lipinski definition) is 3. The van der Waals surface area contributed by atoms with Crippen molar-refractivity contribution in [3.63, 3.8) is 0 Å². The molecule has 1 saturated heterocycles. The fourth-order valence-electron chi connectivity index (χ4n) is 5.94. The lowest BCUT2D eigenvalue weighted by Gasteiger charge is -2.35. The molecule has 1 aliphatic heterocycles. The van der Waals surface area contributed by atoms with Crippen LogP contribution in [0.25, 0.3) is 11.0 Å². The van der Waals surface area contributed by atoms with E-state index in [4.69, 9.17) is 16.6 Å². The zero-order chi connectivity index (χ0) is 31.2. The summed E-state index contributed by atoms with van der Waals surface area (Å²) in [7, 11) is 0. The quantitative estimate of drug-likeness (QED) is 0.164. The molecule has 14 heteroatoms. The number of aromatic nitrogens is 4. The highest BCUT2D eigenvalue weighted by atomic mass is 35.5. The van der Waals surface area contributed by atoms with Gasteiger partial charge in [0.2, 0.25) is 17.8 Å². The Morgan fingerprint density at radius 2 is 1.68 bits per heavy atom. The minimum atomic E-state index is -0.282. The first kappa shape index (κ1) is 31.3. The van der Waals surface area contributed by atoms with Crippen molar-refractivity contribution in [1.82, 2.24) is 35.1 Å². The molecule has 234 valence electrons. The van der Waals surface area contributed by atoms with Crippen LogP contribution in [0.2, 0.25) is 0 Å². The second kappa shape index (κ2) is 14.1. The van der Waals surface area contributed by atoms with Gasteiger partial charge in [-0.05, 0) is 44.4 Å². The Morgan fingerprint density at radius 1 is 0.977 bits per heavy atom. The molecule has 5 rings (SSSR count). The number of carbonyl (C=O) groups is 3. The Morgan fingerprint density at radius 3 is 2.32 bits per heavy atom. The molecule has 44 heavy (non-hydrogen) atoms. The van der Waals surface area contributed by atoms with Crippen molar-refractivity contribution < 1.29 is 14.4 Å². The van der Waals surface area contributed by atoms with E-state index >= 15 is 0 Å². The molecular formula is C30H38ClN9O4. The Labute approximate surface area is 260 Å². The zero-order valence-electron chi connectivity index (χ0n) is 25.1. The average molecular weight is 624 g/mol. The Balaban J connectivity index is 1.20. The van der Waals surface area contributed by atoms with Gasteiger partial charge >= 0.3 is 0 Å². The van der Waals surface area contributed by atoms with E-state index in [2.05, 4.69) is 35.7 Å². The maximum absolute atomic E-state index is 13.5. The molecule has 1 aliphatic carbocycles. The smallest absolute Gasteiger partial charge is 0.263 e. The van der Waals surface area contributed by atoms with Crippen LogP contribution in [-0.4, -0.2) is 93.7 Å². The molecule has 4 heterocycles. The van der Waals surface area contributed by atoms with Gasteiger partial charge in [0, 0.05) is 56.9 Å². The first-order valence-corrected chi connectivity index (χ1v) is 15.5. The molecule has 0 aromatic carbocycles. The number of anilines is 3. The second-order valence-corrected chi connectivity index (χ2v) is 11.5. The summed E-state index contributed by atoms with van der Waals surface area (Å²) in [6.45, 7) is 7.17. The lowest BCUT2D eigenvalue weighted by Crippen LogP contribution is -2.50. The number of hydrogen-bond acceptors (Lipinski definition) is 10. The third kappa shape index (κ3) is 7.16. The van der Waals surface area contributed by atoms with Crippen LogP contribution in [0.4, 0.5) is 17.5 Å². The molecule has 0 radical (unpaired) electrons. The Bertz CT molecular complexity index is 1580. The Kier molecular flexibility index (Phi) is 10.1. The zero-order valence-corrected chi connectivity index (χ0v) is 25.8. The van der Waals surface area contributed by atoms with Crippen LogP contribution in [0.3, 0.4) is 0 Å². The van der Waals surface area contributed by atoms with Crippen LogP contribution in [0.5, 0.6) is 0 Å². The first-order chi connectivity index (χ1) is 21.2. The molecule has 0 unspecified atom stereocenters. The summed E-state index contributed by atoms with van der Waals surface area (Å²) in [5.41, 5.74) is 2.03. The average Bonchev–Trinajstić information content (AvgIpc) is 3.54. The molecule has 0 spiro atoms. The number of halogens is 1. The lowest BCUT2D eigenvalue weighted by molar-refractivity contribution is -0.123. The second-order valence-electron chi connectivity index (χ2n) is 11.2. The van der Waals surface area contributed by atoms with E-state index < -0.39 is 0 Å². The van der Waals surface area contributed by atoms with Crippen LogP contribution >= 0.6 is 11.6 Å². The number of Topliss-reactive ketones (excluding diaryl/α,β-unsaturated/α-hetero) is 1. The number of rotatable bonds is 11. The maximum atomic E-state index is 13.5. The van der Waals surface area contributed by atoms with Crippen molar-refractivity contribution in [1.29, 1.82) is 0 Å². The molecule has 1 saturated carbocycles. The molecule has 2 amide bonds. The van der Waals surface area contributed by atoms with Crippen molar-refractivity contribution in [3.8, 4) is 0 Å². The molecular weight excluding hydrogens is 586 g/mol. The van der Waals surface area contributed by atoms with E-state index in [0.717, 1.165) is 57.5 Å². The highest BCUT2D eigenvalue weighted by Crippen LogP contribution is 2.32. The van der Waals surface area contributed by atoms with E-state index in [9.17, 15) is 19.2 Å². The van der Waals surface area contributed by atoms with Crippen LogP contribution in [-0.2, 0) is 9.59 Å².